The molecule has 0 bridgehead atoms. The standard InChI is InChI=1S/C17H20N6O2S2/c1-2-22-13(20-21-17(22)27)7-9-18-14(24)8-10-23-15(25)11-5-3-4-6-12(11)19-16(23)26/h3-6H,2,7-10H2,1H3,(H,18,24)(H,19,26)(H,21,27). The number of carbonyl (C=O) groups is 1. The van der Waals surface area contributed by atoms with E-state index in [1.54, 1.807) is 18.2 Å². The van der Waals surface area contributed by atoms with Gasteiger partial charge >= 0.3 is 0 Å². The molecule has 3 rings (SSSR count). The van der Waals surface area contributed by atoms with Crippen LogP contribution in [0.4, 0.5) is 0 Å². The number of rotatable bonds is 7. The van der Waals surface area contributed by atoms with Gasteiger partial charge in [0.25, 0.3) is 5.56 Å². The van der Waals surface area contributed by atoms with E-state index < -0.39 is 0 Å². The van der Waals surface area contributed by atoms with Gasteiger partial charge < -0.3 is 14.9 Å². The molecule has 0 aliphatic heterocycles. The molecule has 2 aromatic heterocycles. The van der Waals surface area contributed by atoms with Crippen molar-refractivity contribution in [2.24, 2.45) is 0 Å². The summed E-state index contributed by atoms with van der Waals surface area (Å²) in [5.41, 5.74) is 0.498. The monoisotopic (exact) mass is 404 g/mol. The summed E-state index contributed by atoms with van der Waals surface area (Å²) in [7, 11) is 0. The minimum absolute atomic E-state index is 0.151. The van der Waals surface area contributed by atoms with Crippen LogP contribution in [-0.2, 0) is 24.3 Å². The number of benzene rings is 1. The molecule has 1 aromatic carbocycles. The Labute approximate surface area is 165 Å². The minimum Gasteiger partial charge on any atom is -0.356 e. The molecule has 0 saturated carbocycles. The third-order valence-corrected chi connectivity index (χ3v) is 4.91. The second kappa shape index (κ2) is 8.40. The van der Waals surface area contributed by atoms with Gasteiger partial charge in [0, 0.05) is 32.5 Å². The highest BCUT2D eigenvalue weighted by Gasteiger charge is 2.09. The smallest absolute Gasteiger partial charge is 0.262 e. The summed E-state index contributed by atoms with van der Waals surface area (Å²) in [5.74, 6) is 0.651. The Kier molecular flexibility index (Phi) is 5.97. The lowest BCUT2D eigenvalue weighted by Crippen LogP contribution is -2.30. The van der Waals surface area contributed by atoms with Crippen LogP contribution in [0, 0.1) is 9.54 Å². The van der Waals surface area contributed by atoms with Gasteiger partial charge in [-0.25, -0.2) is 0 Å². The number of H-pyrrole nitrogens is 2. The molecular weight excluding hydrogens is 384 g/mol. The molecule has 0 fully saturated rings. The van der Waals surface area contributed by atoms with Crippen molar-refractivity contribution in [2.75, 3.05) is 6.54 Å². The van der Waals surface area contributed by atoms with Gasteiger partial charge in [0.15, 0.2) is 9.54 Å². The van der Waals surface area contributed by atoms with E-state index in [-0.39, 0.29) is 24.4 Å². The Morgan fingerprint density at radius 3 is 2.78 bits per heavy atom. The number of hydrogen-bond donors (Lipinski definition) is 3. The molecule has 0 saturated heterocycles. The second-order valence-electron chi connectivity index (χ2n) is 5.97. The number of amides is 1. The predicted octanol–water partition coefficient (Wildman–Crippen LogP) is 2.08. The van der Waals surface area contributed by atoms with Gasteiger partial charge in [0.1, 0.15) is 5.82 Å². The summed E-state index contributed by atoms with van der Waals surface area (Å²) < 4.78 is 4.18. The summed E-state index contributed by atoms with van der Waals surface area (Å²) in [5, 5.41) is 10.3. The Morgan fingerprint density at radius 2 is 2.00 bits per heavy atom. The zero-order valence-electron chi connectivity index (χ0n) is 14.8. The van der Waals surface area contributed by atoms with Crippen molar-refractivity contribution >= 4 is 41.2 Å². The Bertz CT molecular complexity index is 1140. The van der Waals surface area contributed by atoms with E-state index in [1.165, 1.54) is 4.57 Å². The van der Waals surface area contributed by atoms with E-state index in [1.807, 2.05) is 17.6 Å². The minimum atomic E-state index is -0.194. The van der Waals surface area contributed by atoms with Gasteiger partial charge in [-0.1, -0.05) is 12.1 Å². The van der Waals surface area contributed by atoms with Crippen molar-refractivity contribution in [3.05, 3.63) is 50.0 Å². The molecule has 1 amide bonds. The number of hydrogen-bond acceptors (Lipinski definition) is 5. The molecular formula is C17H20N6O2S2. The van der Waals surface area contributed by atoms with E-state index in [9.17, 15) is 9.59 Å². The number of nitrogens with zero attached hydrogens (tertiary/aromatic N) is 3. The number of aromatic nitrogens is 5. The average molecular weight is 405 g/mol. The largest absolute Gasteiger partial charge is 0.356 e. The molecule has 0 radical (unpaired) electrons. The predicted molar refractivity (Wildman–Crippen MR) is 108 cm³/mol. The Morgan fingerprint density at radius 1 is 1.22 bits per heavy atom. The van der Waals surface area contributed by atoms with Crippen molar-refractivity contribution < 1.29 is 4.79 Å². The average Bonchev–Trinajstić information content (AvgIpc) is 3.01. The molecule has 8 nitrogen and oxygen atoms in total. The summed E-state index contributed by atoms with van der Waals surface area (Å²) in [4.78, 5) is 27.7. The van der Waals surface area contributed by atoms with Crippen molar-refractivity contribution in [3.8, 4) is 0 Å². The van der Waals surface area contributed by atoms with Gasteiger partial charge in [-0.15, -0.1) is 0 Å². The first-order valence-corrected chi connectivity index (χ1v) is 9.45. The van der Waals surface area contributed by atoms with Gasteiger partial charge in [0.05, 0.1) is 10.9 Å². The molecule has 2 heterocycles. The van der Waals surface area contributed by atoms with Gasteiger partial charge in [0.2, 0.25) is 5.91 Å². The lowest BCUT2D eigenvalue weighted by molar-refractivity contribution is -0.121. The van der Waals surface area contributed by atoms with E-state index >= 15 is 0 Å². The fourth-order valence-electron chi connectivity index (χ4n) is 2.88. The topological polar surface area (TPSA) is 100 Å². The third-order valence-electron chi connectivity index (χ3n) is 4.28. The van der Waals surface area contributed by atoms with Crippen LogP contribution in [0.3, 0.4) is 0 Å². The van der Waals surface area contributed by atoms with Crippen molar-refractivity contribution in [3.63, 3.8) is 0 Å². The van der Waals surface area contributed by atoms with E-state index in [4.69, 9.17) is 24.4 Å². The number of aromatic amines is 2. The second-order valence-corrected chi connectivity index (χ2v) is 6.75. The van der Waals surface area contributed by atoms with Crippen LogP contribution in [0.1, 0.15) is 19.2 Å². The fourth-order valence-corrected chi connectivity index (χ4v) is 3.45. The van der Waals surface area contributed by atoms with Crippen LogP contribution in [0.15, 0.2) is 29.1 Å². The number of fused-ring (bicyclic) bond motifs is 1. The molecule has 10 heteroatoms. The molecule has 0 spiro atoms. The first kappa shape index (κ1) is 19.2. The molecule has 27 heavy (non-hydrogen) atoms. The normalized spacial score (nSPS) is 11.0. The fraction of sp³-hybridized carbons (Fsp3) is 0.353. The van der Waals surface area contributed by atoms with Crippen molar-refractivity contribution in [2.45, 2.75) is 32.9 Å². The van der Waals surface area contributed by atoms with Crippen molar-refractivity contribution in [1.29, 1.82) is 0 Å². The van der Waals surface area contributed by atoms with Crippen molar-refractivity contribution in [1.82, 2.24) is 29.6 Å². The highest BCUT2D eigenvalue weighted by atomic mass is 32.1. The van der Waals surface area contributed by atoms with E-state index in [2.05, 4.69) is 20.5 Å². The summed E-state index contributed by atoms with van der Waals surface area (Å²) in [6.45, 7) is 3.37. The lowest BCUT2D eigenvalue weighted by Gasteiger charge is -2.09. The van der Waals surface area contributed by atoms with E-state index in [0.29, 0.717) is 33.4 Å². The summed E-state index contributed by atoms with van der Waals surface area (Å²) >= 11 is 10.4. The molecule has 0 unspecified atom stereocenters. The van der Waals surface area contributed by atoms with E-state index in [0.717, 1.165) is 12.4 Å². The maximum atomic E-state index is 12.6. The van der Waals surface area contributed by atoms with Crippen LogP contribution < -0.4 is 10.9 Å². The zero-order valence-corrected chi connectivity index (χ0v) is 16.5. The number of nitrogens with one attached hydrogen (secondary N) is 3. The molecule has 3 N–H and O–H groups in total. The first-order chi connectivity index (χ1) is 13.0. The summed E-state index contributed by atoms with van der Waals surface area (Å²) in [6, 6.07) is 7.17. The summed E-state index contributed by atoms with van der Waals surface area (Å²) in [6.07, 6.45) is 0.735. The van der Waals surface area contributed by atoms with Crippen LogP contribution >= 0.6 is 24.4 Å². The molecule has 3 aromatic rings. The van der Waals surface area contributed by atoms with Crippen LogP contribution in [0.5, 0.6) is 0 Å². The van der Waals surface area contributed by atoms with Crippen LogP contribution in [0.25, 0.3) is 10.9 Å². The molecule has 0 atom stereocenters. The third kappa shape index (κ3) is 4.22. The van der Waals surface area contributed by atoms with Gasteiger partial charge in [-0.05, 0) is 43.5 Å². The van der Waals surface area contributed by atoms with Crippen LogP contribution in [0.2, 0.25) is 0 Å². The SMILES string of the molecule is CCn1c(CCNC(=O)CCn2c(=S)[nH]c3ccccc3c2=O)n[nH]c1=S. The number of carbonyl (C=O) groups excluding carboxylic acids is 1. The highest BCUT2D eigenvalue weighted by Crippen LogP contribution is 2.06. The van der Waals surface area contributed by atoms with Gasteiger partial charge in [-0.3, -0.25) is 19.3 Å². The Hall–Kier alpha value is -2.59. The first-order valence-electron chi connectivity index (χ1n) is 8.64. The maximum Gasteiger partial charge on any atom is 0.262 e. The Balaban J connectivity index is 1.59. The number of para-hydroxylation sites is 1. The quantitative estimate of drug-likeness (QED) is 0.524. The molecule has 142 valence electrons. The zero-order chi connectivity index (χ0) is 19.4. The molecule has 0 aliphatic carbocycles. The van der Waals surface area contributed by atoms with Gasteiger partial charge in [-0.2, -0.15) is 5.10 Å². The van der Waals surface area contributed by atoms with Crippen LogP contribution in [-0.4, -0.2) is 36.8 Å². The highest BCUT2D eigenvalue weighted by molar-refractivity contribution is 7.71. The molecule has 0 aliphatic rings. The maximum absolute atomic E-state index is 12.6. The lowest BCUT2D eigenvalue weighted by atomic mass is 10.2.